The molecule has 1 N–H and O–H groups in total. The van der Waals surface area contributed by atoms with Gasteiger partial charge in [-0.15, -0.1) is 11.3 Å². The van der Waals surface area contributed by atoms with Gasteiger partial charge in [-0.05, 0) is 42.3 Å². The Bertz CT molecular complexity index is 1110. The molecule has 1 aliphatic rings. The minimum Gasteiger partial charge on any atom is -0.364 e. The standard InChI is InChI=1S/C20H18N4O2S2/c21-10-15-6-7-20-16(8-15)9-17(12-24(20)13-18-11-22-14-27-18)23-28(25,26)19-4-2-1-3-5-19/h1-8,11,14,17,23H,9,12-13H2. The topological polar surface area (TPSA) is 86.1 Å². The highest BCUT2D eigenvalue weighted by Gasteiger charge is 2.28. The first-order chi connectivity index (χ1) is 13.5. The number of anilines is 1. The van der Waals surface area contributed by atoms with Crippen molar-refractivity contribution in [2.75, 3.05) is 11.4 Å². The SMILES string of the molecule is N#Cc1ccc2c(c1)CC(NS(=O)(=O)c1ccccc1)CN2Cc1cncs1. The fourth-order valence-corrected chi connectivity index (χ4v) is 5.30. The predicted molar refractivity (Wildman–Crippen MR) is 109 cm³/mol. The van der Waals surface area contributed by atoms with Crippen LogP contribution in [0.3, 0.4) is 0 Å². The van der Waals surface area contributed by atoms with E-state index >= 15 is 0 Å². The highest BCUT2D eigenvalue weighted by Crippen LogP contribution is 2.30. The van der Waals surface area contributed by atoms with Crippen LogP contribution in [-0.2, 0) is 23.0 Å². The molecule has 0 spiro atoms. The summed E-state index contributed by atoms with van der Waals surface area (Å²) in [6.07, 6.45) is 2.36. The number of rotatable bonds is 5. The molecular formula is C20H18N4O2S2. The second kappa shape index (κ2) is 7.72. The number of hydrogen-bond donors (Lipinski definition) is 1. The molecule has 0 aliphatic carbocycles. The number of sulfonamides is 1. The number of hydrogen-bond acceptors (Lipinski definition) is 6. The Hall–Kier alpha value is -2.73. The van der Waals surface area contributed by atoms with E-state index in [2.05, 4.69) is 20.7 Å². The summed E-state index contributed by atoms with van der Waals surface area (Å²) in [5.74, 6) is 0. The maximum Gasteiger partial charge on any atom is 0.240 e. The largest absolute Gasteiger partial charge is 0.364 e. The summed E-state index contributed by atoms with van der Waals surface area (Å²) in [6.45, 7) is 1.19. The summed E-state index contributed by atoms with van der Waals surface area (Å²) in [5.41, 5.74) is 4.36. The molecular weight excluding hydrogens is 392 g/mol. The van der Waals surface area contributed by atoms with Crippen molar-refractivity contribution in [1.82, 2.24) is 9.71 Å². The molecule has 0 saturated heterocycles. The maximum atomic E-state index is 12.8. The first kappa shape index (κ1) is 18.6. The summed E-state index contributed by atoms with van der Waals surface area (Å²) >= 11 is 1.57. The summed E-state index contributed by atoms with van der Waals surface area (Å²) in [4.78, 5) is 7.62. The summed E-state index contributed by atoms with van der Waals surface area (Å²) in [7, 11) is -3.61. The molecule has 0 saturated carbocycles. The molecule has 2 aromatic carbocycles. The van der Waals surface area contributed by atoms with E-state index in [-0.39, 0.29) is 10.9 Å². The lowest BCUT2D eigenvalue weighted by atomic mass is 9.96. The van der Waals surface area contributed by atoms with E-state index in [0.717, 1.165) is 16.1 Å². The van der Waals surface area contributed by atoms with Crippen LogP contribution in [0.2, 0.25) is 0 Å². The van der Waals surface area contributed by atoms with Crippen molar-refractivity contribution in [2.24, 2.45) is 0 Å². The van der Waals surface area contributed by atoms with Gasteiger partial charge in [-0.2, -0.15) is 5.26 Å². The van der Waals surface area contributed by atoms with Gasteiger partial charge in [0.1, 0.15) is 0 Å². The Balaban J connectivity index is 1.63. The van der Waals surface area contributed by atoms with Crippen molar-refractivity contribution in [1.29, 1.82) is 5.26 Å². The Labute approximate surface area is 168 Å². The molecule has 0 amide bonds. The average Bonchev–Trinajstić information content (AvgIpc) is 3.21. The smallest absolute Gasteiger partial charge is 0.240 e. The van der Waals surface area contributed by atoms with Crippen LogP contribution in [0.25, 0.3) is 0 Å². The van der Waals surface area contributed by atoms with Gasteiger partial charge in [0.25, 0.3) is 0 Å². The number of thiazole rings is 1. The Morgan fingerprint density at radius 1 is 1.25 bits per heavy atom. The minimum absolute atomic E-state index is 0.251. The van der Waals surface area contributed by atoms with Gasteiger partial charge in [0.2, 0.25) is 10.0 Å². The molecule has 8 heteroatoms. The van der Waals surface area contributed by atoms with Crippen LogP contribution in [0, 0.1) is 11.3 Å². The molecule has 6 nitrogen and oxygen atoms in total. The molecule has 0 fully saturated rings. The number of nitriles is 1. The van der Waals surface area contributed by atoms with Gasteiger partial charge in [0.15, 0.2) is 0 Å². The molecule has 1 atom stereocenters. The van der Waals surface area contributed by atoms with E-state index < -0.39 is 10.0 Å². The number of benzene rings is 2. The average molecular weight is 411 g/mol. The molecule has 1 unspecified atom stereocenters. The fourth-order valence-electron chi connectivity index (χ4n) is 3.45. The van der Waals surface area contributed by atoms with Gasteiger partial charge < -0.3 is 4.90 Å². The van der Waals surface area contributed by atoms with Crippen molar-refractivity contribution in [3.8, 4) is 6.07 Å². The minimum atomic E-state index is -3.61. The lowest BCUT2D eigenvalue weighted by Gasteiger charge is -2.36. The Morgan fingerprint density at radius 2 is 2.07 bits per heavy atom. The molecule has 28 heavy (non-hydrogen) atoms. The first-order valence-electron chi connectivity index (χ1n) is 8.78. The quantitative estimate of drug-likeness (QED) is 0.699. The summed E-state index contributed by atoms with van der Waals surface area (Å²) in [6, 6.07) is 15.8. The second-order valence-electron chi connectivity index (χ2n) is 6.64. The van der Waals surface area contributed by atoms with Crippen LogP contribution in [0.1, 0.15) is 16.0 Å². The van der Waals surface area contributed by atoms with Crippen LogP contribution >= 0.6 is 11.3 Å². The zero-order valence-electron chi connectivity index (χ0n) is 14.9. The van der Waals surface area contributed by atoms with Crippen LogP contribution in [0.15, 0.2) is 65.1 Å². The maximum absolute atomic E-state index is 12.8. The lowest BCUT2D eigenvalue weighted by molar-refractivity contribution is 0.525. The molecule has 0 radical (unpaired) electrons. The van der Waals surface area contributed by atoms with E-state index in [4.69, 9.17) is 0 Å². The van der Waals surface area contributed by atoms with Crippen molar-refractivity contribution >= 4 is 27.0 Å². The number of nitrogens with zero attached hydrogens (tertiary/aromatic N) is 3. The third kappa shape index (κ3) is 3.92. The molecule has 142 valence electrons. The summed E-state index contributed by atoms with van der Waals surface area (Å²) < 4.78 is 28.4. The lowest BCUT2D eigenvalue weighted by Crippen LogP contribution is -2.48. The zero-order chi connectivity index (χ0) is 19.6. The summed E-state index contributed by atoms with van der Waals surface area (Å²) in [5, 5.41) is 9.23. The third-order valence-electron chi connectivity index (χ3n) is 4.66. The third-order valence-corrected chi connectivity index (χ3v) is 6.96. The van der Waals surface area contributed by atoms with E-state index in [1.165, 1.54) is 0 Å². The van der Waals surface area contributed by atoms with E-state index in [1.807, 2.05) is 18.3 Å². The zero-order valence-corrected chi connectivity index (χ0v) is 16.6. The molecule has 3 aromatic rings. The van der Waals surface area contributed by atoms with Crippen molar-refractivity contribution in [3.05, 3.63) is 76.2 Å². The van der Waals surface area contributed by atoms with Gasteiger partial charge in [0, 0.05) is 29.3 Å². The number of aromatic nitrogens is 1. The predicted octanol–water partition coefficient (Wildman–Crippen LogP) is 2.92. The van der Waals surface area contributed by atoms with Gasteiger partial charge in [0.05, 0.1) is 28.6 Å². The van der Waals surface area contributed by atoms with Gasteiger partial charge in [-0.3, -0.25) is 4.98 Å². The van der Waals surface area contributed by atoms with Crippen LogP contribution < -0.4 is 9.62 Å². The van der Waals surface area contributed by atoms with Crippen LogP contribution in [0.5, 0.6) is 0 Å². The van der Waals surface area contributed by atoms with E-state index in [9.17, 15) is 13.7 Å². The normalized spacial score (nSPS) is 16.4. The molecule has 1 aliphatic heterocycles. The Kier molecular flexibility index (Phi) is 5.13. The first-order valence-corrected chi connectivity index (χ1v) is 11.1. The van der Waals surface area contributed by atoms with Crippen LogP contribution in [-0.4, -0.2) is 26.0 Å². The molecule has 0 bridgehead atoms. The van der Waals surface area contributed by atoms with Crippen molar-refractivity contribution in [3.63, 3.8) is 0 Å². The molecule has 4 rings (SSSR count). The van der Waals surface area contributed by atoms with E-state index in [0.29, 0.717) is 25.1 Å². The second-order valence-corrected chi connectivity index (χ2v) is 9.32. The monoisotopic (exact) mass is 410 g/mol. The highest BCUT2D eigenvalue weighted by atomic mass is 32.2. The van der Waals surface area contributed by atoms with Gasteiger partial charge in [-0.25, -0.2) is 13.1 Å². The van der Waals surface area contributed by atoms with Crippen molar-refractivity contribution < 1.29 is 8.42 Å². The van der Waals surface area contributed by atoms with Crippen LogP contribution in [0.4, 0.5) is 5.69 Å². The fraction of sp³-hybridized carbons (Fsp3) is 0.200. The van der Waals surface area contributed by atoms with Gasteiger partial charge >= 0.3 is 0 Å². The van der Waals surface area contributed by atoms with Gasteiger partial charge in [-0.1, -0.05) is 18.2 Å². The molecule has 1 aromatic heterocycles. The van der Waals surface area contributed by atoms with E-state index in [1.54, 1.807) is 53.2 Å². The van der Waals surface area contributed by atoms with Crippen molar-refractivity contribution in [2.45, 2.75) is 23.9 Å². The number of nitrogens with one attached hydrogen (secondary N) is 1. The molecule has 2 heterocycles. The highest BCUT2D eigenvalue weighted by molar-refractivity contribution is 7.89. The Morgan fingerprint density at radius 3 is 2.79 bits per heavy atom. The number of fused-ring (bicyclic) bond motifs is 1.